The summed E-state index contributed by atoms with van der Waals surface area (Å²) in [4.78, 5) is 4.10. The summed E-state index contributed by atoms with van der Waals surface area (Å²) in [6.07, 6.45) is 3.75. The predicted molar refractivity (Wildman–Crippen MR) is 52.0 cm³/mol. The Labute approximate surface area is 76.8 Å². The Balaban J connectivity index is 2.11. The van der Waals surface area contributed by atoms with Crippen molar-refractivity contribution in [3.63, 3.8) is 0 Å². The van der Waals surface area contributed by atoms with Crippen molar-refractivity contribution in [1.29, 1.82) is 0 Å². The SMILES string of the molecule is CC1CNC(c2cccnc2)S1. The van der Waals surface area contributed by atoms with Gasteiger partial charge in [-0.05, 0) is 11.6 Å². The van der Waals surface area contributed by atoms with Gasteiger partial charge in [-0.25, -0.2) is 0 Å². The number of aromatic nitrogens is 1. The molecular weight excluding hydrogens is 168 g/mol. The molecule has 1 aromatic rings. The summed E-state index contributed by atoms with van der Waals surface area (Å²) in [6.45, 7) is 3.35. The van der Waals surface area contributed by atoms with Crippen LogP contribution in [-0.4, -0.2) is 16.8 Å². The van der Waals surface area contributed by atoms with Crippen LogP contribution in [0, 0.1) is 0 Å². The second-order valence-corrected chi connectivity index (χ2v) is 4.57. The Kier molecular flexibility index (Phi) is 2.33. The first-order valence-electron chi connectivity index (χ1n) is 4.15. The summed E-state index contributed by atoms with van der Waals surface area (Å²) in [7, 11) is 0. The minimum atomic E-state index is 0.452. The topological polar surface area (TPSA) is 24.9 Å². The van der Waals surface area contributed by atoms with Gasteiger partial charge in [-0.1, -0.05) is 13.0 Å². The highest BCUT2D eigenvalue weighted by Crippen LogP contribution is 2.33. The first kappa shape index (κ1) is 8.08. The van der Waals surface area contributed by atoms with Crippen LogP contribution < -0.4 is 5.32 Å². The molecule has 1 aliphatic heterocycles. The zero-order valence-electron chi connectivity index (χ0n) is 7.03. The van der Waals surface area contributed by atoms with E-state index < -0.39 is 0 Å². The molecular formula is C9H12N2S. The molecule has 2 atom stereocenters. The smallest absolute Gasteiger partial charge is 0.0807 e. The van der Waals surface area contributed by atoms with Gasteiger partial charge in [0.1, 0.15) is 0 Å². The van der Waals surface area contributed by atoms with E-state index in [1.165, 1.54) is 5.56 Å². The molecule has 0 aromatic carbocycles. The molecule has 1 saturated heterocycles. The van der Waals surface area contributed by atoms with E-state index in [0.29, 0.717) is 5.37 Å². The highest BCUT2D eigenvalue weighted by Gasteiger charge is 2.22. The second-order valence-electron chi connectivity index (χ2n) is 3.02. The van der Waals surface area contributed by atoms with Gasteiger partial charge in [0.25, 0.3) is 0 Å². The highest BCUT2D eigenvalue weighted by atomic mass is 32.2. The van der Waals surface area contributed by atoms with Crippen LogP contribution in [0.3, 0.4) is 0 Å². The van der Waals surface area contributed by atoms with Crippen molar-refractivity contribution in [3.05, 3.63) is 30.1 Å². The summed E-state index contributed by atoms with van der Waals surface area (Å²) < 4.78 is 0. The van der Waals surface area contributed by atoms with Gasteiger partial charge in [-0.2, -0.15) is 0 Å². The molecule has 0 amide bonds. The zero-order valence-corrected chi connectivity index (χ0v) is 7.84. The van der Waals surface area contributed by atoms with Gasteiger partial charge >= 0.3 is 0 Å². The van der Waals surface area contributed by atoms with Crippen LogP contribution in [0.25, 0.3) is 0 Å². The molecule has 0 spiro atoms. The lowest BCUT2D eigenvalue weighted by Crippen LogP contribution is -2.13. The molecule has 2 nitrogen and oxygen atoms in total. The largest absolute Gasteiger partial charge is 0.300 e. The Morgan fingerprint density at radius 1 is 1.67 bits per heavy atom. The third kappa shape index (κ3) is 1.62. The monoisotopic (exact) mass is 180 g/mol. The number of nitrogens with one attached hydrogen (secondary N) is 1. The maximum absolute atomic E-state index is 4.10. The predicted octanol–water partition coefficient (Wildman–Crippen LogP) is 1.81. The van der Waals surface area contributed by atoms with E-state index >= 15 is 0 Å². The molecule has 0 bridgehead atoms. The summed E-state index contributed by atoms with van der Waals surface area (Å²) in [6, 6.07) is 4.11. The maximum atomic E-state index is 4.10. The van der Waals surface area contributed by atoms with E-state index in [1.54, 1.807) is 0 Å². The molecule has 1 fully saturated rings. The molecule has 2 heterocycles. The molecule has 0 aliphatic carbocycles. The minimum Gasteiger partial charge on any atom is -0.300 e. The number of thioether (sulfide) groups is 1. The van der Waals surface area contributed by atoms with Gasteiger partial charge < -0.3 is 5.32 Å². The van der Waals surface area contributed by atoms with Gasteiger partial charge in [0.15, 0.2) is 0 Å². The van der Waals surface area contributed by atoms with Gasteiger partial charge in [0.2, 0.25) is 0 Å². The third-order valence-electron chi connectivity index (χ3n) is 1.95. The van der Waals surface area contributed by atoms with Crippen molar-refractivity contribution in [1.82, 2.24) is 10.3 Å². The Morgan fingerprint density at radius 3 is 3.17 bits per heavy atom. The standard InChI is InChI=1S/C9H12N2S/c1-7-5-11-9(12-7)8-3-2-4-10-6-8/h2-4,6-7,9,11H,5H2,1H3. The van der Waals surface area contributed by atoms with Crippen LogP contribution >= 0.6 is 11.8 Å². The molecule has 3 heteroatoms. The molecule has 1 aliphatic rings. The number of pyridine rings is 1. The molecule has 1 aromatic heterocycles. The normalized spacial score (nSPS) is 29.1. The van der Waals surface area contributed by atoms with Crippen LogP contribution in [0.4, 0.5) is 0 Å². The molecule has 0 saturated carbocycles. The van der Waals surface area contributed by atoms with Gasteiger partial charge in [-0.3, -0.25) is 4.98 Å². The number of hydrogen-bond donors (Lipinski definition) is 1. The van der Waals surface area contributed by atoms with E-state index in [1.807, 2.05) is 30.2 Å². The van der Waals surface area contributed by atoms with Crippen LogP contribution in [0.5, 0.6) is 0 Å². The number of nitrogens with zero attached hydrogens (tertiary/aromatic N) is 1. The molecule has 2 rings (SSSR count). The van der Waals surface area contributed by atoms with Crippen LogP contribution in [-0.2, 0) is 0 Å². The Bertz CT molecular complexity index is 250. The van der Waals surface area contributed by atoms with Crippen LogP contribution in [0.2, 0.25) is 0 Å². The number of rotatable bonds is 1. The molecule has 2 unspecified atom stereocenters. The van der Waals surface area contributed by atoms with E-state index in [0.717, 1.165) is 11.8 Å². The molecule has 0 radical (unpaired) electrons. The number of hydrogen-bond acceptors (Lipinski definition) is 3. The fourth-order valence-electron chi connectivity index (χ4n) is 1.33. The first-order valence-corrected chi connectivity index (χ1v) is 5.09. The van der Waals surface area contributed by atoms with Crippen LogP contribution in [0.15, 0.2) is 24.5 Å². The summed E-state index contributed by atoms with van der Waals surface area (Å²) in [5, 5.41) is 4.62. The zero-order chi connectivity index (χ0) is 8.39. The average molecular weight is 180 g/mol. The lowest BCUT2D eigenvalue weighted by Gasteiger charge is -2.08. The van der Waals surface area contributed by atoms with Crippen molar-refractivity contribution in [3.8, 4) is 0 Å². The molecule has 64 valence electrons. The second kappa shape index (κ2) is 3.46. The first-order chi connectivity index (χ1) is 5.86. The molecule has 1 N–H and O–H groups in total. The van der Waals surface area contributed by atoms with Crippen molar-refractivity contribution < 1.29 is 0 Å². The van der Waals surface area contributed by atoms with Crippen LogP contribution in [0.1, 0.15) is 17.9 Å². The fourth-order valence-corrected chi connectivity index (χ4v) is 2.48. The van der Waals surface area contributed by atoms with Crippen molar-refractivity contribution in [2.75, 3.05) is 6.54 Å². The van der Waals surface area contributed by atoms with Crippen molar-refractivity contribution in [2.24, 2.45) is 0 Å². The lowest BCUT2D eigenvalue weighted by molar-refractivity contribution is 0.716. The summed E-state index contributed by atoms with van der Waals surface area (Å²) >= 11 is 1.97. The minimum absolute atomic E-state index is 0.452. The third-order valence-corrected chi connectivity index (χ3v) is 3.29. The Hall–Kier alpha value is -0.540. The highest BCUT2D eigenvalue weighted by molar-refractivity contribution is 8.00. The quantitative estimate of drug-likeness (QED) is 0.713. The van der Waals surface area contributed by atoms with Gasteiger partial charge in [0.05, 0.1) is 5.37 Å². The van der Waals surface area contributed by atoms with Crippen molar-refractivity contribution in [2.45, 2.75) is 17.5 Å². The molecule has 12 heavy (non-hydrogen) atoms. The van der Waals surface area contributed by atoms with Crippen molar-refractivity contribution >= 4 is 11.8 Å². The van der Waals surface area contributed by atoms with E-state index in [9.17, 15) is 0 Å². The maximum Gasteiger partial charge on any atom is 0.0807 e. The van der Waals surface area contributed by atoms with E-state index in [-0.39, 0.29) is 0 Å². The summed E-state index contributed by atoms with van der Waals surface area (Å²) in [5.41, 5.74) is 1.28. The van der Waals surface area contributed by atoms with E-state index in [2.05, 4.69) is 23.3 Å². The lowest BCUT2D eigenvalue weighted by atomic mass is 10.3. The van der Waals surface area contributed by atoms with E-state index in [4.69, 9.17) is 0 Å². The average Bonchev–Trinajstić information content (AvgIpc) is 2.54. The van der Waals surface area contributed by atoms with Gasteiger partial charge in [-0.15, -0.1) is 11.8 Å². The fraction of sp³-hybridized carbons (Fsp3) is 0.444. The Morgan fingerprint density at radius 2 is 2.58 bits per heavy atom. The summed E-state index contributed by atoms with van der Waals surface area (Å²) in [5.74, 6) is 0. The van der Waals surface area contributed by atoms with Gasteiger partial charge in [0, 0.05) is 24.2 Å².